The SMILES string of the molecule is CC[C@@H](NC(=O)/C=C/c1ccc([N+](=O)[O-])cc1)c1ccc(OC)c(C)c1. The average Bonchev–Trinajstić information content (AvgIpc) is 2.64. The first kappa shape index (κ1) is 19.2. The average molecular weight is 354 g/mol. The zero-order valence-corrected chi connectivity index (χ0v) is 15.1. The lowest BCUT2D eigenvalue weighted by molar-refractivity contribution is -0.384. The molecule has 0 spiro atoms. The van der Waals surface area contributed by atoms with E-state index in [1.807, 2.05) is 32.0 Å². The third-order valence-corrected chi connectivity index (χ3v) is 4.08. The van der Waals surface area contributed by atoms with Gasteiger partial charge in [0.1, 0.15) is 5.75 Å². The van der Waals surface area contributed by atoms with Crippen LogP contribution in [0.15, 0.2) is 48.5 Å². The molecule has 2 aromatic rings. The van der Waals surface area contributed by atoms with Crippen LogP contribution in [0.1, 0.15) is 36.1 Å². The van der Waals surface area contributed by atoms with Gasteiger partial charge in [0.05, 0.1) is 18.1 Å². The number of amides is 1. The molecule has 6 nitrogen and oxygen atoms in total. The topological polar surface area (TPSA) is 81.5 Å². The summed E-state index contributed by atoms with van der Waals surface area (Å²) >= 11 is 0. The summed E-state index contributed by atoms with van der Waals surface area (Å²) in [7, 11) is 1.63. The maximum Gasteiger partial charge on any atom is 0.269 e. The van der Waals surface area contributed by atoms with Crippen molar-refractivity contribution in [3.8, 4) is 5.75 Å². The van der Waals surface area contributed by atoms with Gasteiger partial charge in [0.25, 0.3) is 5.69 Å². The van der Waals surface area contributed by atoms with E-state index in [2.05, 4.69) is 5.32 Å². The highest BCUT2D eigenvalue weighted by atomic mass is 16.6. The van der Waals surface area contributed by atoms with E-state index in [1.54, 1.807) is 25.3 Å². The van der Waals surface area contributed by atoms with Crippen LogP contribution >= 0.6 is 0 Å². The predicted octanol–water partition coefficient (Wildman–Crippen LogP) is 4.19. The standard InChI is InChI=1S/C20H22N2O4/c1-4-18(16-8-11-19(26-3)14(2)13-16)21-20(23)12-7-15-5-9-17(10-6-15)22(24)25/h5-13,18H,4H2,1-3H3,(H,21,23)/b12-7+/t18-/m1/s1. The summed E-state index contributed by atoms with van der Waals surface area (Å²) in [6.07, 6.45) is 3.81. The van der Waals surface area contributed by atoms with Crippen LogP contribution in [0, 0.1) is 17.0 Å². The van der Waals surface area contributed by atoms with Gasteiger partial charge in [-0.25, -0.2) is 0 Å². The number of nitro groups is 1. The van der Waals surface area contributed by atoms with Crippen LogP contribution in [-0.2, 0) is 4.79 Å². The summed E-state index contributed by atoms with van der Waals surface area (Å²) in [4.78, 5) is 22.4. The highest BCUT2D eigenvalue weighted by Gasteiger charge is 2.12. The fourth-order valence-corrected chi connectivity index (χ4v) is 2.64. The summed E-state index contributed by atoms with van der Waals surface area (Å²) in [5.74, 6) is 0.594. The Kier molecular flexibility index (Phi) is 6.49. The second-order valence-corrected chi connectivity index (χ2v) is 5.88. The van der Waals surface area contributed by atoms with Crippen molar-refractivity contribution in [2.24, 2.45) is 0 Å². The second-order valence-electron chi connectivity index (χ2n) is 5.88. The third kappa shape index (κ3) is 4.92. The second kappa shape index (κ2) is 8.80. The monoisotopic (exact) mass is 354 g/mol. The number of nitrogens with one attached hydrogen (secondary N) is 1. The fraction of sp³-hybridized carbons (Fsp3) is 0.250. The largest absolute Gasteiger partial charge is 0.496 e. The van der Waals surface area contributed by atoms with E-state index in [1.165, 1.54) is 18.2 Å². The maximum atomic E-state index is 12.2. The first-order chi connectivity index (χ1) is 12.4. The number of nitro benzene ring substituents is 1. The molecule has 0 saturated heterocycles. The molecule has 0 radical (unpaired) electrons. The van der Waals surface area contributed by atoms with Crippen LogP contribution in [0.2, 0.25) is 0 Å². The molecule has 2 aromatic carbocycles. The molecule has 0 aliphatic carbocycles. The van der Waals surface area contributed by atoms with Crippen LogP contribution < -0.4 is 10.1 Å². The quantitative estimate of drug-likeness (QED) is 0.459. The highest BCUT2D eigenvalue weighted by Crippen LogP contribution is 2.24. The number of aryl methyl sites for hydroxylation is 1. The molecule has 136 valence electrons. The number of hydrogen-bond donors (Lipinski definition) is 1. The van der Waals surface area contributed by atoms with Crippen LogP contribution in [-0.4, -0.2) is 17.9 Å². The number of benzene rings is 2. The van der Waals surface area contributed by atoms with Gasteiger partial charge in [0, 0.05) is 18.2 Å². The first-order valence-electron chi connectivity index (χ1n) is 8.32. The van der Waals surface area contributed by atoms with E-state index in [4.69, 9.17) is 4.74 Å². The lowest BCUT2D eigenvalue weighted by Gasteiger charge is -2.18. The van der Waals surface area contributed by atoms with Crippen molar-refractivity contribution in [3.05, 3.63) is 75.3 Å². The Bertz CT molecular complexity index is 813. The van der Waals surface area contributed by atoms with Crippen LogP contribution in [0.25, 0.3) is 6.08 Å². The van der Waals surface area contributed by atoms with Crippen LogP contribution in [0.3, 0.4) is 0 Å². The zero-order chi connectivity index (χ0) is 19.1. The van der Waals surface area contributed by atoms with Gasteiger partial charge in [-0.1, -0.05) is 19.1 Å². The van der Waals surface area contributed by atoms with E-state index in [0.717, 1.165) is 28.9 Å². The molecule has 1 amide bonds. The fourth-order valence-electron chi connectivity index (χ4n) is 2.64. The molecule has 2 rings (SSSR count). The highest BCUT2D eigenvalue weighted by molar-refractivity contribution is 5.92. The Morgan fingerprint density at radius 2 is 1.96 bits per heavy atom. The molecular formula is C20H22N2O4. The van der Waals surface area contributed by atoms with Crippen LogP contribution in [0.5, 0.6) is 5.75 Å². The van der Waals surface area contributed by atoms with Gasteiger partial charge < -0.3 is 10.1 Å². The zero-order valence-electron chi connectivity index (χ0n) is 15.1. The Labute approximate surface area is 152 Å². The summed E-state index contributed by atoms with van der Waals surface area (Å²) in [6.45, 7) is 3.97. The van der Waals surface area contributed by atoms with Crippen molar-refractivity contribution >= 4 is 17.7 Å². The van der Waals surface area contributed by atoms with Gasteiger partial charge in [0.2, 0.25) is 5.91 Å². The Morgan fingerprint density at radius 3 is 2.50 bits per heavy atom. The molecule has 0 bridgehead atoms. The number of carbonyl (C=O) groups is 1. The normalized spacial score (nSPS) is 12.0. The minimum Gasteiger partial charge on any atom is -0.496 e. The molecule has 0 aliphatic heterocycles. The molecule has 0 saturated carbocycles. The molecule has 0 fully saturated rings. The summed E-state index contributed by atoms with van der Waals surface area (Å²) in [5, 5.41) is 13.6. The number of nitrogens with zero attached hydrogens (tertiary/aromatic N) is 1. The Morgan fingerprint density at radius 1 is 1.27 bits per heavy atom. The maximum absolute atomic E-state index is 12.2. The van der Waals surface area contributed by atoms with Crippen LogP contribution in [0.4, 0.5) is 5.69 Å². The number of methoxy groups -OCH3 is 1. The number of carbonyl (C=O) groups excluding carboxylic acids is 1. The minimum atomic E-state index is -0.455. The van der Waals surface area contributed by atoms with Crippen molar-refractivity contribution in [1.29, 1.82) is 0 Å². The van der Waals surface area contributed by atoms with Gasteiger partial charge in [-0.05, 0) is 54.3 Å². The predicted molar refractivity (Wildman–Crippen MR) is 101 cm³/mol. The number of rotatable bonds is 7. The van der Waals surface area contributed by atoms with E-state index >= 15 is 0 Å². The molecule has 0 aliphatic rings. The molecule has 26 heavy (non-hydrogen) atoms. The molecule has 1 atom stereocenters. The van der Waals surface area contributed by atoms with E-state index in [-0.39, 0.29) is 17.6 Å². The van der Waals surface area contributed by atoms with Gasteiger partial charge in [-0.3, -0.25) is 14.9 Å². The van der Waals surface area contributed by atoms with Crippen molar-refractivity contribution in [3.63, 3.8) is 0 Å². The smallest absolute Gasteiger partial charge is 0.269 e. The van der Waals surface area contributed by atoms with Gasteiger partial charge in [-0.2, -0.15) is 0 Å². The van der Waals surface area contributed by atoms with E-state index in [0.29, 0.717) is 0 Å². The van der Waals surface area contributed by atoms with Crippen molar-refractivity contribution in [2.75, 3.05) is 7.11 Å². The summed E-state index contributed by atoms with van der Waals surface area (Å²) in [6, 6.07) is 11.8. The lowest BCUT2D eigenvalue weighted by Crippen LogP contribution is -2.26. The molecule has 6 heteroatoms. The van der Waals surface area contributed by atoms with Gasteiger partial charge in [0.15, 0.2) is 0 Å². The molecule has 0 heterocycles. The molecule has 0 unspecified atom stereocenters. The molecule has 1 N–H and O–H groups in total. The number of ether oxygens (including phenoxy) is 1. The Hall–Kier alpha value is -3.15. The van der Waals surface area contributed by atoms with E-state index in [9.17, 15) is 14.9 Å². The number of hydrogen-bond acceptors (Lipinski definition) is 4. The van der Waals surface area contributed by atoms with Crippen molar-refractivity contribution in [2.45, 2.75) is 26.3 Å². The number of non-ortho nitro benzene ring substituents is 1. The van der Waals surface area contributed by atoms with Crippen molar-refractivity contribution < 1.29 is 14.5 Å². The van der Waals surface area contributed by atoms with Crippen molar-refractivity contribution in [1.82, 2.24) is 5.32 Å². The first-order valence-corrected chi connectivity index (χ1v) is 8.32. The minimum absolute atomic E-state index is 0.0209. The summed E-state index contributed by atoms with van der Waals surface area (Å²) < 4.78 is 5.26. The molecule has 0 aromatic heterocycles. The molecular weight excluding hydrogens is 332 g/mol. The van der Waals surface area contributed by atoms with Gasteiger partial charge >= 0.3 is 0 Å². The van der Waals surface area contributed by atoms with E-state index < -0.39 is 4.92 Å². The van der Waals surface area contributed by atoms with Gasteiger partial charge in [-0.15, -0.1) is 0 Å². The Balaban J connectivity index is 2.04. The third-order valence-electron chi connectivity index (χ3n) is 4.08. The lowest BCUT2D eigenvalue weighted by atomic mass is 10.0. The summed E-state index contributed by atoms with van der Waals surface area (Å²) in [5.41, 5.74) is 2.77.